The number of hydrogen-bond acceptors (Lipinski definition) is 1. The van der Waals surface area contributed by atoms with Crippen LogP contribution in [-0.4, -0.2) is 11.5 Å². The third kappa shape index (κ3) is 16.1. The molecule has 0 aromatic heterocycles. The Bertz CT molecular complexity index is 154. The molecule has 18 heavy (non-hydrogen) atoms. The van der Waals surface area contributed by atoms with Gasteiger partial charge in [-0.2, -0.15) is 11.8 Å². The molecule has 0 unspecified atom stereocenters. The molecule has 0 aliphatic carbocycles. The highest BCUT2D eigenvalue weighted by Gasteiger charge is 1.93. The molecule has 0 aromatic rings. The topological polar surface area (TPSA) is 0 Å². The molecule has 0 saturated carbocycles. The van der Waals surface area contributed by atoms with Gasteiger partial charge >= 0.3 is 0 Å². The average Bonchev–Trinajstić information content (AvgIpc) is 2.39. The van der Waals surface area contributed by atoms with Crippen LogP contribution in [0.25, 0.3) is 0 Å². The van der Waals surface area contributed by atoms with E-state index in [0.717, 1.165) is 0 Å². The van der Waals surface area contributed by atoms with Crippen LogP contribution in [0, 0.1) is 0 Å². The summed E-state index contributed by atoms with van der Waals surface area (Å²) in [5, 5.41) is 0. The lowest BCUT2D eigenvalue weighted by Gasteiger charge is -2.02. The third-order valence-electron chi connectivity index (χ3n) is 3.34. The van der Waals surface area contributed by atoms with Crippen molar-refractivity contribution in [1.29, 1.82) is 0 Å². The lowest BCUT2D eigenvalue weighted by molar-refractivity contribution is 0.586. The van der Waals surface area contributed by atoms with E-state index in [9.17, 15) is 0 Å². The molecule has 0 rings (SSSR count). The van der Waals surface area contributed by atoms with Gasteiger partial charge < -0.3 is 0 Å². The molecular formula is C17H34S. The molecule has 0 aliphatic rings. The molecule has 0 saturated heterocycles. The highest BCUT2D eigenvalue weighted by molar-refractivity contribution is 7.99. The maximum Gasteiger partial charge on any atom is -0.00675 e. The van der Waals surface area contributed by atoms with Crippen LogP contribution in [-0.2, 0) is 0 Å². The quantitative estimate of drug-likeness (QED) is 0.238. The van der Waals surface area contributed by atoms with Crippen molar-refractivity contribution in [2.45, 2.75) is 84.0 Å². The molecule has 0 N–H and O–H groups in total. The van der Waals surface area contributed by atoms with Crippen LogP contribution in [0.15, 0.2) is 12.7 Å². The van der Waals surface area contributed by atoms with Gasteiger partial charge in [0, 0.05) is 0 Å². The Kier molecular flexibility index (Phi) is 17.2. The Hall–Kier alpha value is 0.0900. The fourth-order valence-electron chi connectivity index (χ4n) is 2.11. The minimum absolute atomic E-state index is 1.20. The standard InChI is InChI=1S/C17H34S/c1-3-5-7-9-10-11-13-15-17-18-16-14-12-8-6-4-2/h4H,2-3,5-17H2,1H3. The van der Waals surface area contributed by atoms with Crippen molar-refractivity contribution in [3.8, 4) is 0 Å². The molecule has 0 aliphatic heterocycles. The Balaban J connectivity index is 2.88. The molecule has 108 valence electrons. The Morgan fingerprint density at radius 2 is 1.22 bits per heavy atom. The molecular weight excluding hydrogens is 236 g/mol. The number of hydrogen-bond donors (Lipinski definition) is 0. The van der Waals surface area contributed by atoms with Crippen molar-refractivity contribution in [3.05, 3.63) is 12.7 Å². The zero-order chi connectivity index (χ0) is 13.3. The minimum atomic E-state index is 1.20. The first-order valence-electron chi connectivity index (χ1n) is 8.10. The summed E-state index contributed by atoms with van der Waals surface area (Å²) >= 11 is 2.16. The van der Waals surface area contributed by atoms with E-state index in [0.29, 0.717) is 0 Å². The van der Waals surface area contributed by atoms with Crippen molar-refractivity contribution in [2.24, 2.45) is 0 Å². The molecule has 0 aromatic carbocycles. The summed E-state index contributed by atoms with van der Waals surface area (Å²) in [6.07, 6.45) is 18.9. The zero-order valence-corrected chi connectivity index (χ0v) is 13.4. The average molecular weight is 271 g/mol. The van der Waals surface area contributed by atoms with E-state index >= 15 is 0 Å². The smallest absolute Gasteiger partial charge is 0.00675 e. The van der Waals surface area contributed by atoms with Crippen LogP contribution in [0.3, 0.4) is 0 Å². The number of allylic oxidation sites excluding steroid dienone is 1. The monoisotopic (exact) mass is 270 g/mol. The number of unbranched alkanes of at least 4 members (excludes halogenated alkanes) is 10. The SMILES string of the molecule is C=CCCCCCSCCCCCCCCCC. The lowest BCUT2D eigenvalue weighted by Crippen LogP contribution is -1.86. The fourth-order valence-corrected chi connectivity index (χ4v) is 3.13. The summed E-state index contributed by atoms with van der Waals surface area (Å²) in [5.41, 5.74) is 0. The number of thioether (sulfide) groups is 1. The summed E-state index contributed by atoms with van der Waals surface area (Å²) in [5.74, 6) is 2.75. The summed E-state index contributed by atoms with van der Waals surface area (Å²) in [6, 6.07) is 0. The van der Waals surface area contributed by atoms with E-state index < -0.39 is 0 Å². The predicted octanol–water partition coefficient (Wildman–Crippen LogP) is 6.61. The maximum atomic E-state index is 3.75. The Labute approximate surface area is 120 Å². The number of rotatable bonds is 15. The highest BCUT2D eigenvalue weighted by Crippen LogP contribution is 2.13. The van der Waals surface area contributed by atoms with Gasteiger partial charge in [0.25, 0.3) is 0 Å². The zero-order valence-electron chi connectivity index (χ0n) is 12.6. The summed E-state index contributed by atoms with van der Waals surface area (Å²) in [4.78, 5) is 0. The second-order valence-electron chi connectivity index (χ2n) is 5.23. The molecule has 0 fully saturated rings. The van der Waals surface area contributed by atoms with Crippen LogP contribution in [0.4, 0.5) is 0 Å². The lowest BCUT2D eigenvalue weighted by atomic mass is 10.1. The van der Waals surface area contributed by atoms with E-state index in [1.54, 1.807) is 0 Å². The van der Waals surface area contributed by atoms with Gasteiger partial charge in [0.2, 0.25) is 0 Å². The van der Waals surface area contributed by atoms with Crippen molar-refractivity contribution >= 4 is 11.8 Å². The van der Waals surface area contributed by atoms with Gasteiger partial charge in [0.05, 0.1) is 0 Å². The van der Waals surface area contributed by atoms with Crippen LogP contribution in [0.2, 0.25) is 0 Å². The largest absolute Gasteiger partial charge is 0.162 e. The second kappa shape index (κ2) is 17.1. The van der Waals surface area contributed by atoms with Crippen molar-refractivity contribution in [3.63, 3.8) is 0 Å². The highest BCUT2D eigenvalue weighted by atomic mass is 32.2. The molecule has 0 radical (unpaired) electrons. The van der Waals surface area contributed by atoms with E-state index in [4.69, 9.17) is 0 Å². The van der Waals surface area contributed by atoms with E-state index in [1.807, 2.05) is 6.08 Å². The van der Waals surface area contributed by atoms with Crippen molar-refractivity contribution in [2.75, 3.05) is 11.5 Å². The van der Waals surface area contributed by atoms with E-state index in [-0.39, 0.29) is 0 Å². The fraction of sp³-hybridized carbons (Fsp3) is 0.882. The van der Waals surface area contributed by atoms with Crippen molar-refractivity contribution in [1.82, 2.24) is 0 Å². The van der Waals surface area contributed by atoms with Gasteiger partial charge in [-0.15, -0.1) is 6.58 Å². The van der Waals surface area contributed by atoms with Gasteiger partial charge in [-0.05, 0) is 37.2 Å². The minimum Gasteiger partial charge on any atom is -0.162 e. The molecule has 1 heteroatoms. The summed E-state index contributed by atoms with van der Waals surface area (Å²) in [6.45, 7) is 6.04. The summed E-state index contributed by atoms with van der Waals surface area (Å²) < 4.78 is 0. The Morgan fingerprint density at radius 1 is 0.722 bits per heavy atom. The van der Waals surface area contributed by atoms with E-state index in [2.05, 4.69) is 25.3 Å². The maximum absolute atomic E-state index is 3.75. The molecule has 0 amide bonds. The van der Waals surface area contributed by atoms with Crippen LogP contribution >= 0.6 is 11.8 Å². The van der Waals surface area contributed by atoms with Crippen LogP contribution in [0.5, 0.6) is 0 Å². The normalized spacial score (nSPS) is 10.7. The van der Waals surface area contributed by atoms with Gasteiger partial charge in [-0.3, -0.25) is 0 Å². The van der Waals surface area contributed by atoms with Crippen molar-refractivity contribution < 1.29 is 0 Å². The van der Waals surface area contributed by atoms with Gasteiger partial charge in [0.1, 0.15) is 0 Å². The second-order valence-corrected chi connectivity index (χ2v) is 6.45. The molecule has 0 heterocycles. The van der Waals surface area contributed by atoms with Crippen LogP contribution in [0.1, 0.15) is 84.0 Å². The predicted molar refractivity (Wildman–Crippen MR) is 88.6 cm³/mol. The molecule has 0 atom stereocenters. The summed E-state index contributed by atoms with van der Waals surface area (Å²) in [7, 11) is 0. The first kappa shape index (κ1) is 18.1. The van der Waals surface area contributed by atoms with E-state index in [1.165, 1.54) is 88.6 Å². The van der Waals surface area contributed by atoms with Gasteiger partial charge in [-0.25, -0.2) is 0 Å². The van der Waals surface area contributed by atoms with Gasteiger partial charge in [-0.1, -0.05) is 64.4 Å². The van der Waals surface area contributed by atoms with Gasteiger partial charge in [0.15, 0.2) is 0 Å². The Morgan fingerprint density at radius 3 is 1.78 bits per heavy atom. The molecule has 0 spiro atoms. The molecule has 0 bridgehead atoms. The first-order chi connectivity index (χ1) is 8.91. The first-order valence-corrected chi connectivity index (χ1v) is 9.26. The third-order valence-corrected chi connectivity index (χ3v) is 4.49. The van der Waals surface area contributed by atoms with Crippen LogP contribution < -0.4 is 0 Å². The molecule has 0 nitrogen and oxygen atoms in total.